The Morgan fingerprint density at radius 1 is 1.19 bits per heavy atom. The van der Waals surface area contributed by atoms with Crippen molar-refractivity contribution < 1.29 is 9.59 Å². The Hall–Kier alpha value is -1.06. The molecule has 1 N–H and O–H groups in total. The Labute approximate surface area is 97.4 Å². The lowest BCUT2D eigenvalue weighted by Crippen LogP contribution is -2.44. The predicted octanol–water partition coefficient (Wildman–Crippen LogP) is 1.30. The summed E-state index contributed by atoms with van der Waals surface area (Å²) in [6.45, 7) is 4.31. The van der Waals surface area contributed by atoms with Crippen molar-refractivity contribution in [2.45, 2.75) is 52.0 Å². The Morgan fingerprint density at radius 3 is 2.31 bits per heavy atom. The highest BCUT2D eigenvalue weighted by molar-refractivity contribution is 5.74. The van der Waals surface area contributed by atoms with Gasteiger partial charge in [0, 0.05) is 33.0 Å². The van der Waals surface area contributed by atoms with Crippen LogP contribution in [0.25, 0.3) is 0 Å². The molecule has 0 aromatic heterocycles. The largest absolute Gasteiger partial charge is 0.355 e. The Balaban J connectivity index is 2.40. The van der Waals surface area contributed by atoms with Crippen LogP contribution in [0.5, 0.6) is 0 Å². The first kappa shape index (κ1) is 13.0. The van der Waals surface area contributed by atoms with Crippen LogP contribution < -0.4 is 5.32 Å². The summed E-state index contributed by atoms with van der Waals surface area (Å²) in [5.74, 6) is 0.0874. The summed E-state index contributed by atoms with van der Waals surface area (Å²) in [4.78, 5) is 24.2. The molecule has 1 aliphatic rings. The molecule has 0 aromatic carbocycles. The van der Waals surface area contributed by atoms with Crippen LogP contribution in [0.15, 0.2) is 0 Å². The highest BCUT2D eigenvalue weighted by Crippen LogP contribution is 2.22. The lowest BCUT2D eigenvalue weighted by atomic mass is 9.94. The van der Waals surface area contributed by atoms with Gasteiger partial charge in [0.15, 0.2) is 0 Å². The van der Waals surface area contributed by atoms with Crippen LogP contribution in [0, 0.1) is 0 Å². The molecule has 4 nitrogen and oxygen atoms in total. The molecule has 0 spiro atoms. The maximum absolute atomic E-state index is 11.5. The standard InChI is InChI=1S/C12H22N2O2/c1-10(15)13-8-9-14(11(2)16)12-6-4-3-5-7-12/h12H,3-9H2,1-2H3,(H,13,15). The van der Waals surface area contributed by atoms with Crippen molar-refractivity contribution in [1.29, 1.82) is 0 Å². The van der Waals surface area contributed by atoms with Crippen molar-refractivity contribution in [2.75, 3.05) is 13.1 Å². The van der Waals surface area contributed by atoms with Crippen LogP contribution in [0.2, 0.25) is 0 Å². The van der Waals surface area contributed by atoms with E-state index in [0.29, 0.717) is 19.1 Å². The molecule has 0 radical (unpaired) electrons. The van der Waals surface area contributed by atoms with E-state index in [0.717, 1.165) is 12.8 Å². The van der Waals surface area contributed by atoms with Gasteiger partial charge in [0.05, 0.1) is 0 Å². The van der Waals surface area contributed by atoms with E-state index in [1.807, 2.05) is 4.90 Å². The molecule has 1 aliphatic carbocycles. The van der Waals surface area contributed by atoms with Gasteiger partial charge < -0.3 is 10.2 Å². The van der Waals surface area contributed by atoms with Crippen molar-refractivity contribution in [3.63, 3.8) is 0 Å². The monoisotopic (exact) mass is 226 g/mol. The molecule has 0 aliphatic heterocycles. The van der Waals surface area contributed by atoms with Crippen LogP contribution in [0.4, 0.5) is 0 Å². The number of carbonyl (C=O) groups excluding carboxylic acids is 2. The number of hydrogen-bond donors (Lipinski definition) is 1. The quantitative estimate of drug-likeness (QED) is 0.785. The zero-order valence-corrected chi connectivity index (χ0v) is 10.3. The Kier molecular flexibility index (Phi) is 5.29. The maximum Gasteiger partial charge on any atom is 0.219 e. The fourth-order valence-corrected chi connectivity index (χ4v) is 2.34. The fraction of sp³-hybridized carbons (Fsp3) is 0.833. The average Bonchev–Trinajstić information content (AvgIpc) is 2.25. The molecular formula is C12H22N2O2. The summed E-state index contributed by atoms with van der Waals surface area (Å²) in [5, 5.41) is 2.74. The minimum Gasteiger partial charge on any atom is -0.355 e. The number of nitrogens with one attached hydrogen (secondary N) is 1. The van der Waals surface area contributed by atoms with Crippen LogP contribution in [0.1, 0.15) is 46.0 Å². The summed E-state index contributed by atoms with van der Waals surface area (Å²) < 4.78 is 0. The third-order valence-corrected chi connectivity index (χ3v) is 3.15. The first-order chi connectivity index (χ1) is 7.61. The van der Waals surface area contributed by atoms with Gasteiger partial charge in [-0.15, -0.1) is 0 Å². The van der Waals surface area contributed by atoms with E-state index in [4.69, 9.17) is 0 Å². The Bertz CT molecular complexity index is 247. The van der Waals surface area contributed by atoms with Crippen molar-refractivity contribution >= 4 is 11.8 Å². The fourth-order valence-electron chi connectivity index (χ4n) is 2.34. The van der Waals surface area contributed by atoms with E-state index < -0.39 is 0 Å². The summed E-state index contributed by atoms with van der Waals surface area (Å²) in [6, 6.07) is 0.389. The molecule has 1 fully saturated rings. The molecule has 0 unspecified atom stereocenters. The van der Waals surface area contributed by atoms with Crippen LogP contribution in [-0.2, 0) is 9.59 Å². The molecule has 0 atom stereocenters. The van der Waals surface area contributed by atoms with E-state index in [1.165, 1.54) is 26.2 Å². The van der Waals surface area contributed by atoms with Gasteiger partial charge in [-0.3, -0.25) is 9.59 Å². The number of rotatable bonds is 4. The molecule has 0 aromatic rings. The van der Waals surface area contributed by atoms with Crippen molar-refractivity contribution in [3.8, 4) is 0 Å². The number of hydrogen-bond acceptors (Lipinski definition) is 2. The zero-order chi connectivity index (χ0) is 12.0. The third kappa shape index (κ3) is 4.21. The summed E-state index contributed by atoms with van der Waals surface area (Å²) in [5.41, 5.74) is 0. The van der Waals surface area contributed by atoms with Gasteiger partial charge in [-0.25, -0.2) is 0 Å². The molecule has 16 heavy (non-hydrogen) atoms. The van der Waals surface area contributed by atoms with E-state index in [-0.39, 0.29) is 11.8 Å². The SMILES string of the molecule is CC(=O)NCCN(C(C)=O)C1CCCCC1. The third-order valence-electron chi connectivity index (χ3n) is 3.15. The van der Waals surface area contributed by atoms with Gasteiger partial charge in [0.2, 0.25) is 11.8 Å². The normalized spacial score (nSPS) is 16.9. The van der Waals surface area contributed by atoms with Gasteiger partial charge in [0.25, 0.3) is 0 Å². The molecule has 2 amide bonds. The number of nitrogens with zero attached hydrogens (tertiary/aromatic N) is 1. The molecule has 1 rings (SSSR count). The lowest BCUT2D eigenvalue weighted by molar-refractivity contribution is -0.132. The van der Waals surface area contributed by atoms with Crippen molar-refractivity contribution in [3.05, 3.63) is 0 Å². The molecular weight excluding hydrogens is 204 g/mol. The van der Waals surface area contributed by atoms with Gasteiger partial charge in [-0.05, 0) is 12.8 Å². The first-order valence-corrected chi connectivity index (χ1v) is 6.13. The van der Waals surface area contributed by atoms with Gasteiger partial charge in [-0.1, -0.05) is 19.3 Å². The van der Waals surface area contributed by atoms with Gasteiger partial charge in [0.1, 0.15) is 0 Å². The minimum atomic E-state index is -0.0350. The van der Waals surface area contributed by atoms with E-state index in [2.05, 4.69) is 5.32 Å². The summed E-state index contributed by atoms with van der Waals surface area (Å²) >= 11 is 0. The maximum atomic E-state index is 11.5. The van der Waals surface area contributed by atoms with E-state index >= 15 is 0 Å². The van der Waals surface area contributed by atoms with Crippen molar-refractivity contribution in [1.82, 2.24) is 10.2 Å². The van der Waals surface area contributed by atoms with Crippen LogP contribution >= 0.6 is 0 Å². The second-order valence-corrected chi connectivity index (χ2v) is 4.49. The van der Waals surface area contributed by atoms with E-state index in [1.54, 1.807) is 6.92 Å². The van der Waals surface area contributed by atoms with Gasteiger partial charge >= 0.3 is 0 Å². The molecule has 0 bridgehead atoms. The van der Waals surface area contributed by atoms with E-state index in [9.17, 15) is 9.59 Å². The van der Waals surface area contributed by atoms with Crippen LogP contribution in [-0.4, -0.2) is 35.8 Å². The van der Waals surface area contributed by atoms with Crippen LogP contribution in [0.3, 0.4) is 0 Å². The number of carbonyl (C=O) groups is 2. The second kappa shape index (κ2) is 6.51. The summed E-state index contributed by atoms with van der Waals surface area (Å²) in [7, 11) is 0. The topological polar surface area (TPSA) is 49.4 Å². The van der Waals surface area contributed by atoms with Crippen molar-refractivity contribution in [2.24, 2.45) is 0 Å². The second-order valence-electron chi connectivity index (χ2n) is 4.49. The minimum absolute atomic E-state index is 0.0350. The molecule has 1 saturated carbocycles. The smallest absolute Gasteiger partial charge is 0.219 e. The van der Waals surface area contributed by atoms with Gasteiger partial charge in [-0.2, -0.15) is 0 Å². The average molecular weight is 226 g/mol. The molecule has 92 valence electrons. The first-order valence-electron chi connectivity index (χ1n) is 6.13. The molecule has 4 heteroatoms. The lowest BCUT2D eigenvalue weighted by Gasteiger charge is -2.33. The predicted molar refractivity (Wildman–Crippen MR) is 62.9 cm³/mol. The zero-order valence-electron chi connectivity index (χ0n) is 10.3. The highest BCUT2D eigenvalue weighted by atomic mass is 16.2. The highest BCUT2D eigenvalue weighted by Gasteiger charge is 2.22. The summed E-state index contributed by atoms with van der Waals surface area (Å²) in [6.07, 6.45) is 5.94. The molecule has 0 heterocycles. The molecule has 0 saturated heterocycles. The Morgan fingerprint density at radius 2 is 1.81 bits per heavy atom. The number of amides is 2.